The van der Waals surface area contributed by atoms with Crippen LogP contribution >= 0.6 is 0 Å². The average molecular weight is 422 g/mol. The van der Waals surface area contributed by atoms with E-state index in [0.29, 0.717) is 26.0 Å². The number of esters is 1. The first-order valence-electron chi connectivity index (χ1n) is 11.9. The Balaban J connectivity index is 1.24. The molecule has 7 nitrogen and oxygen atoms in total. The van der Waals surface area contributed by atoms with Crippen LogP contribution in [0, 0.1) is 11.8 Å². The van der Waals surface area contributed by atoms with Crippen LogP contribution in [0.15, 0.2) is 0 Å². The highest BCUT2D eigenvalue weighted by atomic mass is 16.5. The van der Waals surface area contributed by atoms with Crippen LogP contribution in [0.3, 0.4) is 0 Å². The molecule has 3 saturated heterocycles. The fraction of sp³-hybridized carbons (Fsp3) is 0.870. The molecular weight excluding hydrogens is 382 g/mol. The van der Waals surface area contributed by atoms with Gasteiger partial charge in [-0.1, -0.05) is 0 Å². The van der Waals surface area contributed by atoms with E-state index in [4.69, 9.17) is 4.74 Å². The predicted molar refractivity (Wildman–Crippen MR) is 115 cm³/mol. The zero-order chi connectivity index (χ0) is 21.3. The predicted octanol–water partition coefficient (Wildman–Crippen LogP) is 2.29. The molecule has 3 heterocycles. The van der Waals surface area contributed by atoms with Gasteiger partial charge in [-0.25, -0.2) is 0 Å². The number of rotatable bonds is 8. The molecule has 3 aliphatic rings. The topological polar surface area (TPSA) is 70.2 Å². The van der Waals surface area contributed by atoms with Gasteiger partial charge in [-0.3, -0.25) is 14.4 Å². The Morgan fingerprint density at radius 2 is 1.60 bits per heavy atom. The lowest BCUT2D eigenvalue weighted by molar-refractivity contribution is -0.146. The highest BCUT2D eigenvalue weighted by Gasteiger charge is 2.30. The number of carbonyl (C=O) groups excluding carboxylic acids is 3. The van der Waals surface area contributed by atoms with Gasteiger partial charge in [0, 0.05) is 39.0 Å². The van der Waals surface area contributed by atoms with Gasteiger partial charge >= 0.3 is 5.97 Å². The Bertz CT molecular complexity index is 581. The van der Waals surface area contributed by atoms with Crippen molar-refractivity contribution in [2.75, 3.05) is 52.9 Å². The summed E-state index contributed by atoms with van der Waals surface area (Å²) in [6, 6.07) is 0. The van der Waals surface area contributed by atoms with E-state index in [-0.39, 0.29) is 30.6 Å². The third-order valence-electron chi connectivity index (χ3n) is 7.12. The number of likely N-dealkylation sites (tertiary alicyclic amines) is 3. The van der Waals surface area contributed by atoms with Crippen molar-refractivity contribution in [1.82, 2.24) is 14.7 Å². The van der Waals surface area contributed by atoms with Gasteiger partial charge in [-0.2, -0.15) is 0 Å². The van der Waals surface area contributed by atoms with Crippen molar-refractivity contribution in [2.45, 2.75) is 64.2 Å². The van der Waals surface area contributed by atoms with Crippen LogP contribution in [0.4, 0.5) is 0 Å². The van der Waals surface area contributed by atoms with Crippen molar-refractivity contribution in [1.29, 1.82) is 0 Å². The minimum Gasteiger partial charge on any atom is -0.466 e. The van der Waals surface area contributed by atoms with Gasteiger partial charge in [-0.15, -0.1) is 0 Å². The highest BCUT2D eigenvalue weighted by Crippen LogP contribution is 2.32. The molecule has 3 rings (SSSR count). The first kappa shape index (κ1) is 23.0. The van der Waals surface area contributed by atoms with Crippen LogP contribution in [-0.4, -0.2) is 85.4 Å². The molecule has 2 amide bonds. The Morgan fingerprint density at radius 1 is 0.933 bits per heavy atom. The first-order chi connectivity index (χ1) is 14.5. The summed E-state index contributed by atoms with van der Waals surface area (Å²) in [6.45, 7) is 5.83. The van der Waals surface area contributed by atoms with E-state index < -0.39 is 0 Å². The summed E-state index contributed by atoms with van der Waals surface area (Å²) in [5.41, 5.74) is 0. The smallest absolute Gasteiger partial charge is 0.306 e. The maximum absolute atomic E-state index is 12.5. The molecule has 30 heavy (non-hydrogen) atoms. The number of nitrogens with zero attached hydrogens (tertiary/aromatic N) is 3. The number of ether oxygens (including phenoxy) is 1. The van der Waals surface area contributed by atoms with E-state index in [1.54, 1.807) is 0 Å². The lowest BCUT2D eigenvalue weighted by atomic mass is 9.79. The second-order valence-corrected chi connectivity index (χ2v) is 9.27. The standard InChI is InChI=1S/C23H39N3O4/c1-24-14-8-19(9-15-24)20-10-16-26(17-11-20)22(28)6-7-23(29)30-18-4-13-25-12-3-2-5-21(25)27/h19-20H,2-18H2,1H3. The van der Waals surface area contributed by atoms with Gasteiger partial charge in [-0.05, 0) is 76.9 Å². The summed E-state index contributed by atoms with van der Waals surface area (Å²) in [5, 5.41) is 0. The van der Waals surface area contributed by atoms with Crippen molar-refractivity contribution in [3.63, 3.8) is 0 Å². The van der Waals surface area contributed by atoms with Crippen molar-refractivity contribution in [3.8, 4) is 0 Å². The van der Waals surface area contributed by atoms with Crippen molar-refractivity contribution < 1.29 is 19.1 Å². The molecule has 0 bridgehead atoms. The Hall–Kier alpha value is -1.63. The van der Waals surface area contributed by atoms with Gasteiger partial charge in [0.25, 0.3) is 0 Å². The van der Waals surface area contributed by atoms with E-state index in [1.807, 2.05) is 9.80 Å². The van der Waals surface area contributed by atoms with Crippen molar-refractivity contribution in [2.24, 2.45) is 11.8 Å². The fourth-order valence-electron chi connectivity index (χ4n) is 5.10. The summed E-state index contributed by atoms with van der Waals surface area (Å²) >= 11 is 0. The van der Waals surface area contributed by atoms with Crippen LogP contribution in [-0.2, 0) is 19.1 Å². The Kier molecular flexibility index (Phi) is 8.97. The lowest BCUT2D eigenvalue weighted by Crippen LogP contribution is -2.42. The normalized spacial score (nSPS) is 22.4. The van der Waals surface area contributed by atoms with Crippen LogP contribution in [0.2, 0.25) is 0 Å². The molecule has 0 radical (unpaired) electrons. The molecule has 0 unspecified atom stereocenters. The van der Waals surface area contributed by atoms with Crippen LogP contribution in [0.5, 0.6) is 0 Å². The number of amides is 2. The maximum atomic E-state index is 12.5. The summed E-state index contributed by atoms with van der Waals surface area (Å²) in [5.74, 6) is 1.54. The molecule has 3 aliphatic heterocycles. The van der Waals surface area contributed by atoms with E-state index >= 15 is 0 Å². The van der Waals surface area contributed by atoms with Crippen molar-refractivity contribution >= 4 is 17.8 Å². The molecular formula is C23H39N3O4. The van der Waals surface area contributed by atoms with E-state index in [9.17, 15) is 14.4 Å². The monoisotopic (exact) mass is 421 g/mol. The molecule has 7 heteroatoms. The Morgan fingerprint density at radius 3 is 2.27 bits per heavy atom. The zero-order valence-electron chi connectivity index (χ0n) is 18.7. The van der Waals surface area contributed by atoms with Crippen molar-refractivity contribution in [3.05, 3.63) is 0 Å². The largest absolute Gasteiger partial charge is 0.466 e. The molecule has 0 N–H and O–H groups in total. The van der Waals surface area contributed by atoms with Gasteiger partial charge in [0.1, 0.15) is 0 Å². The molecule has 170 valence electrons. The lowest BCUT2D eigenvalue weighted by Gasteiger charge is -2.39. The second-order valence-electron chi connectivity index (χ2n) is 9.27. The van der Waals surface area contributed by atoms with Crippen LogP contribution < -0.4 is 0 Å². The van der Waals surface area contributed by atoms with Gasteiger partial charge in [0.05, 0.1) is 13.0 Å². The summed E-state index contributed by atoms with van der Waals surface area (Å²) in [4.78, 5) is 42.4. The minimum atomic E-state index is -0.311. The van der Waals surface area contributed by atoms with Gasteiger partial charge in [0.2, 0.25) is 11.8 Å². The van der Waals surface area contributed by atoms with Crippen LogP contribution in [0.1, 0.15) is 64.2 Å². The molecule has 0 saturated carbocycles. The summed E-state index contributed by atoms with van der Waals surface area (Å²) in [6.07, 6.45) is 8.49. The molecule has 0 aliphatic carbocycles. The van der Waals surface area contributed by atoms with Gasteiger partial charge in [0.15, 0.2) is 0 Å². The number of carbonyl (C=O) groups is 3. The minimum absolute atomic E-state index is 0.0766. The third-order valence-corrected chi connectivity index (χ3v) is 7.12. The van der Waals surface area contributed by atoms with Crippen LogP contribution in [0.25, 0.3) is 0 Å². The van der Waals surface area contributed by atoms with E-state index in [0.717, 1.165) is 57.2 Å². The summed E-state index contributed by atoms with van der Waals surface area (Å²) in [7, 11) is 2.19. The highest BCUT2D eigenvalue weighted by molar-refractivity contribution is 5.81. The van der Waals surface area contributed by atoms with Gasteiger partial charge < -0.3 is 19.4 Å². The quantitative estimate of drug-likeness (QED) is 0.444. The third kappa shape index (κ3) is 6.96. The molecule has 0 aromatic carbocycles. The first-order valence-corrected chi connectivity index (χ1v) is 11.9. The Labute approximate surface area is 181 Å². The number of piperidine rings is 3. The fourth-order valence-corrected chi connectivity index (χ4v) is 5.10. The molecule has 0 aromatic heterocycles. The number of hydrogen-bond donors (Lipinski definition) is 0. The SMILES string of the molecule is CN1CCC(C2CCN(C(=O)CCC(=O)OCCCN3CCCCC3=O)CC2)CC1. The van der Waals surface area contributed by atoms with E-state index in [2.05, 4.69) is 11.9 Å². The second kappa shape index (κ2) is 11.7. The summed E-state index contributed by atoms with van der Waals surface area (Å²) < 4.78 is 5.26. The maximum Gasteiger partial charge on any atom is 0.306 e. The molecule has 0 spiro atoms. The molecule has 0 aromatic rings. The molecule has 3 fully saturated rings. The average Bonchev–Trinajstić information content (AvgIpc) is 2.77. The number of hydrogen-bond acceptors (Lipinski definition) is 5. The molecule has 0 atom stereocenters. The zero-order valence-corrected chi connectivity index (χ0v) is 18.7. The van der Waals surface area contributed by atoms with E-state index in [1.165, 1.54) is 25.9 Å².